The number of rotatable bonds is 4. The van der Waals surface area contributed by atoms with Gasteiger partial charge in [0, 0.05) is 48.6 Å². The topological polar surface area (TPSA) is 101 Å². The van der Waals surface area contributed by atoms with Crippen LogP contribution in [0.2, 0.25) is 0 Å². The van der Waals surface area contributed by atoms with Crippen LogP contribution >= 0.6 is 0 Å². The van der Waals surface area contributed by atoms with Crippen molar-refractivity contribution in [1.82, 2.24) is 14.8 Å². The molecule has 2 aromatic carbocycles. The Kier molecular flexibility index (Phi) is 6.93. The summed E-state index contributed by atoms with van der Waals surface area (Å²) in [6.07, 6.45) is 0.000252. The second-order valence-electron chi connectivity index (χ2n) is 9.45. The van der Waals surface area contributed by atoms with Gasteiger partial charge in [-0.25, -0.2) is 14.0 Å². The van der Waals surface area contributed by atoms with Crippen LogP contribution in [-0.2, 0) is 14.9 Å². The Bertz CT molecular complexity index is 1390. The van der Waals surface area contributed by atoms with Crippen molar-refractivity contribution in [2.24, 2.45) is 0 Å². The van der Waals surface area contributed by atoms with Gasteiger partial charge in [0.25, 0.3) is 5.91 Å². The highest BCUT2D eigenvalue weighted by Crippen LogP contribution is 2.41. The summed E-state index contributed by atoms with van der Waals surface area (Å²) in [7, 11) is 3.17. The first-order valence-corrected chi connectivity index (χ1v) is 11.7. The second kappa shape index (κ2) is 9.96. The zero-order valence-corrected chi connectivity index (χ0v) is 21.3. The molecule has 0 spiro atoms. The first-order valence-electron chi connectivity index (χ1n) is 11.7. The number of nitrogens with one attached hydrogen (secondary N) is 1. The van der Waals surface area contributed by atoms with Gasteiger partial charge in [0.05, 0.1) is 18.5 Å². The van der Waals surface area contributed by atoms with Crippen molar-refractivity contribution in [2.75, 3.05) is 27.2 Å². The molecule has 1 aliphatic rings. The van der Waals surface area contributed by atoms with Crippen LogP contribution in [0.3, 0.4) is 0 Å². The quantitative estimate of drug-likeness (QED) is 0.481. The third kappa shape index (κ3) is 5.28. The fourth-order valence-electron chi connectivity index (χ4n) is 4.28. The molecular formula is C27H28FN3O6. The van der Waals surface area contributed by atoms with Gasteiger partial charge in [-0.15, -0.1) is 0 Å². The molecule has 1 aromatic heterocycles. The van der Waals surface area contributed by atoms with Gasteiger partial charge in [0.1, 0.15) is 11.6 Å². The zero-order chi connectivity index (χ0) is 26.9. The molecule has 10 heteroatoms. The lowest BCUT2D eigenvalue weighted by atomic mass is 9.82. The molecule has 0 unspecified atom stereocenters. The molecule has 37 heavy (non-hydrogen) atoms. The first kappa shape index (κ1) is 25.7. The number of ether oxygens (including phenoxy) is 3. The number of halogens is 1. The average molecular weight is 510 g/mol. The van der Waals surface area contributed by atoms with E-state index in [1.165, 1.54) is 40.3 Å². The Morgan fingerprint density at radius 2 is 1.78 bits per heavy atom. The third-order valence-corrected chi connectivity index (χ3v) is 5.91. The van der Waals surface area contributed by atoms with E-state index in [-0.39, 0.29) is 30.4 Å². The number of carbonyl (C=O) groups is 3. The van der Waals surface area contributed by atoms with Gasteiger partial charge < -0.3 is 29.0 Å². The minimum absolute atomic E-state index is 0.0810. The number of fused-ring (bicyclic) bond motifs is 3. The lowest BCUT2D eigenvalue weighted by Gasteiger charge is -2.29. The molecule has 2 heterocycles. The molecule has 0 atom stereocenters. The van der Waals surface area contributed by atoms with Gasteiger partial charge in [-0.2, -0.15) is 0 Å². The highest BCUT2D eigenvalue weighted by Gasteiger charge is 2.37. The summed E-state index contributed by atoms with van der Waals surface area (Å²) in [6.45, 7) is 5.92. The van der Waals surface area contributed by atoms with Crippen molar-refractivity contribution in [3.8, 4) is 5.75 Å². The first-order chi connectivity index (χ1) is 17.5. The van der Waals surface area contributed by atoms with Crippen LogP contribution in [0.4, 0.5) is 14.0 Å². The normalized spacial score (nSPS) is 14.3. The monoisotopic (exact) mass is 509 g/mol. The molecule has 2 amide bonds. The van der Waals surface area contributed by atoms with Gasteiger partial charge in [-0.05, 0) is 48.9 Å². The van der Waals surface area contributed by atoms with E-state index in [0.29, 0.717) is 17.0 Å². The molecule has 0 bridgehead atoms. The van der Waals surface area contributed by atoms with Gasteiger partial charge >= 0.3 is 12.2 Å². The van der Waals surface area contributed by atoms with Crippen molar-refractivity contribution in [1.29, 1.82) is 0 Å². The van der Waals surface area contributed by atoms with Crippen LogP contribution in [0, 0.1) is 5.82 Å². The zero-order valence-electron chi connectivity index (χ0n) is 21.3. The molecule has 0 fully saturated rings. The van der Waals surface area contributed by atoms with Gasteiger partial charge in [0.15, 0.2) is 5.76 Å². The number of hydrogen-bond donors (Lipinski definition) is 1. The summed E-state index contributed by atoms with van der Waals surface area (Å²) in [6, 6.07) is 10.4. The van der Waals surface area contributed by atoms with E-state index in [4.69, 9.17) is 14.2 Å². The summed E-state index contributed by atoms with van der Waals surface area (Å²) < 4.78 is 29.4. The smallest absolute Gasteiger partial charge is 0.434 e. The molecule has 0 aliphatic carbocycles. The number of aromatic nitrogens is 1. The van der Waals surface area contributed by atoms with E-state index in [2.05, 4.69) is 4.98 Å². The number of amides is 2. The van der Waals surface area contributed by atoms with Gasteiger partial charge in [-0.3, -0.25) is 4.79 Å². The summed E-state index contributed by atoms with van der Waals surface area (Å²) >= 11 is 0. The Balaban J connectivity index is 1.82. The van der Waals surface area contributed by atoms with Crippen LogP contribution in [0.25, 0.3) is 16.7 Å². The second-order valence-corrected chi connectivity index (χ2v) is 9.45. The third-order valence-electron chi connectivity index (χ3n) is 5.91. The molecule has 0 radical (unpaired) electrons. The number of aromatic amines is 1. The summed E-state index contributed by atoms with van der Waals surface area (Å²) in [5.74, 6) is -0.417. The molecule has 3 aromatic rings. The van der Waals surface area contributed by atoms with E-state index >= 15 is 0 Å². The lowest BCUT2D eigenvalue weighted by Crippen LogP contribution is -2.36. The van der Waals surface area contributed by atoms with Crippen LogP contribution in [0.5, 0.6) is 5.75 Å². The van der Waals surface area contributed by atoms with Gasteiger partial charge in [-0.1, -0.05) is 13.8 Å². The average Bonchev–Trinajstić information content (AvgIpc) is 3.18. The fraction of sp³-hybridized carbons (Fsp3) is 0.296. The number of carbonyl (C=O) groups excluding carboxylic acids is 3. The molecule has 4 rings (SSSR count). The molecular weight excluding hydrogens is 481 g/mol. The number of benzene rings is 2. The Morgan fingerprint density at radius 3 is 2.43 bits per heavy atom. The highest BCUT2D eigenvalue weighted by atomic mass is 19.1. The summed E-state index contributed by atoms with van der Waals surface area (Å²) in [5, 5.41) is 0.805. The van der Waals surface area contributed by atoms with Crippen LogP contribution in [0.1, 0.15) is 42.4 Å². The van der Waals surface area contributed by atoms with Crippen LogP contribution < -0.4 is 4.74 Å². The molecule has 0 saturated heterocycles. The minimum Gasteiger partial charge on any atom is -0.434 e. The van der Waals surface area contributed by atoms with E-state index < -0.39 is 23.5 Å². The predicted molar refractivity (Wildman–Crippen MR) is 135 cm³/mol. The summed E-state index contributed by atoms with van der Waals surface area (Å²) in [5.41, 5.74) is 1.60. The van der Waals surface area contributed by atoms with Crippen LogP contribution in [-0.4, -0.2) is 60.2 Å². The maximum Gasteiger partial charge on any atom is 0.513 e. The van der Waals surface area contributed by atoms with E-state index in [1.807, 2.05) is 19.9 Å². The number of hydrogen-bond acceptors (Lipinski definition) is 6. The van der Waals surface area contributed by atoms with Crippen molar-refractivity contribution >= 4 is 34.8 Å². The minimum atomic E-state index is -0.923. The number of nitrogens with zero attached hydrogens (tertiary/aromatic N) is 2. The Labute approximate surface area is 213 Å². The van der Waals surface area contributed by atoms with Crippen LogP contribution in [0.15, 0.2) is 48.7 Å². The van der Waals surface area contributed by atoms with E-state index in [1.54, 1.807) is 33.2 Å². The fourth-order valence-corrected chi connectivity index (χ4v) is 4.28. The Hall–Kier alpha value is -4.34. The maximum atomic E-state index is 13.4. The maximum absolute atomic E-state index is 13.4. The van der Waals surface area contributed by atoms with Crippen molar-refractivity contribution in [2.45, 2.75) is 26.2 Å². The molecule has 1 N–H and O–H groups in total. The molecule has 1 aliphatic heterocycles. The molecule has 194 valence electrons. The van der Waals surface area contributed by atoms with E-state index in [9.17, 15) is 18.8 Å². The molecule has 9 nitrogen and oxygen atoms in total. The summed E-state index contributed by atoms with van der Waals surface area (Å²) in [4.78, 5) is 43.7. The lowest BCUT2D eigenvalue weighted by molar-refractivity contribution is 0.0788. The van der Waals surface area contributed by atoms with E-state index in [0.717, 1.165) is 10.9 Å². The highest BCUT2D eigenvalue weighted by molar-refractivity contribution is 5.97. The SMILES string of the molecule is CCOC(=O)OC1=CN(C(=O)c2ccc(F)cc2)CC(C)(C)c2c1[nH]c1cc(OC(=O)N(C)C)ccc21. The Morgan fingerprint density at radius 1 is 1.08 bits per heavy atom. The number of H-pyrrole nitrogens is 1. The van der Waals surface area contributed by atoms with Crippen molar-refractivity contribution < 1.29 is 33.0 Å². The largest absolute Gasteiger partial charge is 0.513 e. The standard InChI is InChI=1S/C27H28FN3O6/c1-6-35-26(34)37-21-14-31(24(32)16-7-9-17(28)10-8-16)15-27(2,3)22-19-12-11-18(36-25(33)30(4)5)13-20(19)29-23(21)22/h7-14,29H,6,15H2,1-5H3. The molecule has 0 saturated carbocycles. The predicted octanol–water partition coefficient (Wildman–Crippen LogP) is 5.27. The van der Waals surface area contributed by atoms with Crippen molar-refractivity contribution in [3.05, 3.63) is 71.3 Å². The van der Waals surface area contributed by atoms with Crippen molar-refractivity contribution in [3.63, 3.8) is 0 Å². The van der Waals surface area contributed by atoms with Gasteiger partial charge in [0.2, 0.25) is 0 Å².